The number of ether oxygens (including phenoxy) is 4. The number of rotatable bonds is 5. The highest BCUT2D eigenvalue weighted by Gasteiger charge is 2.49. The Morgan fingerprint density at radius 2 is 0.895 bits per heavy atom. The van der Waals surface area contributed by atoms with Crippen LogP contribution in [-0.2, 0) is 9.47 Å². The summed E-state index contributed by atoms with van der Waals surface area (Å²) in [6, 6.07) is 30.2. The largest absolute Gasteiger partial charge is 0.497 e. The maximum absolute atomic E-state index is 13.2. The van der Waals surface area contributed by atoms with E-state index < -0.39 is 12.2 Å². The molecule has 2 aliphatic rings. The minimum atomic E-state index is -0.612. The molecule has 0 amide bonds. The Kier molecular flexibility index (Phi) is 6.08. The van der Waals surface area contributed by atoms with Crippen LogP contribution in [0.25, 0.3) is 0 Å². The zero-order chi connectivity index (χ0) is 26.2. The molecule has 4 atom stereocenters. The number of hydrogen-bond donors (Lipinski definition) is 0. The first-order valence-corrected chi connectivity index (χ1v) is 12.5. The van der Waals surface area contributed by atoms with Gasteiger partial charge in [-0.2, -0.15) is 0 Å². The van der Waals surface area contributed by atoms with E-state index in [-0.39, 0.29) is 23.8 Å². The highest BCUT2D eigenvalue weighted by atomic mass is 16.6. The molecule has 0 aliphatic carbocycles. The molecule has 6 nitrogen and oxygen atoms in total. The minimum Gasteiger partial charge on any atom is -0.497 e. The van der Waals surface area contributed by atoms with Crippen molar-refractivity contribution in [3.8, 4) is 11.5 Å². The van der Waals surface area contributed by atoms with Crippen molar-refractivity contribution in [2.24, 2.45) is 0 Å². The third-order valence-electron chi connectivity index (χ3n) is 7.48. The number of fused-ring (bicyclic) bond motifs is 2. The molecule has 2 aliphatic heterocycles. The lowest BCUT2D eigenvalue weighted by molar-refractivity contribution is -0.0123. The SMILES string of the molecule is COc1ccc([C@H]2OC(=O)c3ccccc3[C@@H]2[C@@H]2c3ccccc3C(=O)O[C@H]2c2ccc(OC)cc2)cc1. The number of cyclic esters (lactones) is 2. The van der Waals surface area contributed by atoms with Crippen LogP contribution in [0.5, 0.6) is 11.5 Å². The fraction of sp³-hybridized carbons (Fsp3) is 0.188. The van der Waals surface area contributed by atoms with E-state index in [9.17, 15) is 9.59 Å². The van der Waals surface area contributed by atoms with Crippen molar-refractivity contribution >= 4 is 11.9 Å². The summed E-state index contributed by atoms with van der Waals surface area (Å²) in [5.74, 6) is -0.00132. The molecule has 0 aromatic heterocycles. The summed E-state index contributed by atoms with van der Waals surface area (Å²) in [5, 5.41) is 0. The smallest absolute Gasteiger partial charge is 0.339 e. The van der Waals surface area contributed by atoms with E-state index in [0.29, 0.717) is 22.6 Å². The van der Waals surface area contributed by atoms with Gasteiger partial charge in [0.2, 0.25) is 0 Å². The molecule has 0 unspecified atom stereocenters. The van der Waals surface area contributed by atoms with E-state index in [1.54, 1.807) is 26.4 Å². The monoisotopic (exact) mass is 506 g/mol. The molecular formula is C32H26O6. The van der Waals surface area contributed by atoms with Crippen LogP contribution in [0.15, 0.2) is 97.1 Å². The normalized spacial score (nSPS) is 21.9. The van der Waals surface area contributed by atoms with E-state index in [4.69, 9.17) is 18.9 Å². The molecule has 190 valence electrons. The lowest BCUT2D eigenvalue weighted by atomic mass is 9.68. The van der Waals surface area contributed by atoms with Crippen LogP contribution >= 0.6 is 0 Å². The van der Waals surface area contributed by atoms with Crippen molar-refractivity contribution in [1.82, 2.24) is 0 Å². The molecule has 0 saturated heterocycles. The van der Waals surface area contributed by atoms with E-state index in [1.165, 1.54) is 0 Å². The average Bonchev–Trinajstić information content (AvgIpc) is 2.98. The van der Waals surface area contributed by atoms with Gasteiger partial charge in [-0.1, -0.05) is 60.7 Å². The van der Waals surface area contributed by atoms with Crippen LogP contribution in [0.4, 0.5) is 0 Å². The van der Waals surface area contributed by atoms with Crippen molar-refractivity contribution in [1.29, 1.82) is 0 Å². The van der Waals surface area contributed by atoms with Crippen LogP contribution in [0, 0.1) is 0 Å². The molecule has 2 heterocycles. The second-order valence-corrected chi connectivity index (χ2v) is 9.42. The molecule has 0 saturated carbocycles. The second-order valence-electron chi connectivity index (χ2n) is 9.42. The van der Waals surface area contributed by atoms with Gasteiger partial charge >= 0.3 is 11.9 Å². The predicted molar refractivity (Wildman–Crippen MR) is 141 cm³/mol. The molecule has 0 fully saturated rings. The van der Waals surface area contributed by atoms with Crippen molar-refractivity contribution in [2.75, 3.05) is 14.2 Å². The Bertz CT molecular complexity index is 1380. The summed E-state index contributed by atoms with van der Waals surface area (Å²) in [6.45, 7) is 0. The van der Waals surface area contributed by atoms with Gasteiger partial charge in [0.05, 0.1) is 25.3 Å². The standard InChI is InChI=1S/C32H26O6/c1-35-21-15-11-19(12-16-21)29-27(23-7-3-5-9-25(23)31(33)37-29)28-24-8-4-6-10-26(24)32(34)38-30(28)20-13-17-22(36-2)18-14-20/h3-18,27-30H,1-2H3/t27-,28+,29-,30+. The van der Waals surface area contributed by atoms with Crippen molar-refractivity contribution < 1.29 is 28.5 Å². The van der Waals surface area contributed by atoms with Gasteiger partial charge in [0.25, 0.3) is 0 Å². The molecule has 0 bridgehead atoms. The average molecular weight is 507 g/mol. The zero-order valence-corrected chi connectivity index (χ0v) is 21.0. The molecule has 38 heavy (non-hydrogen) atoms. The van der Waals surface area contributed by atoms with Crippen LogP contribution in [0.1, 0.15) is 67.0 Å². The summed E-state index contributed by atoms with van der Waals surface area (Å²) < 4.78 is 23.0. The number of methoxy groups -OCH3 is 2. The second kappa shape index (κ2) is 9.71. The maximum atomic E-state index is 13.2. The van der Waals surface area contributed by atoms with Gasteiger partial charge in [-0.15, -0.1) is 0 Å². The summed E-state index contributed by atoms with van der Waals surface area (Å²) in [7, 11) is 3.23. The van der Waals surface area contributed by atoms with Gasteiger partial charge in [0.15, 0.2) is 0 Å². The fourth-order valence-electron chi connectivity index (χ4n) is 5.68. The van der Waals surface area contributed by atoms with Gasteiger partial charge in [-0.05, 0) is 58.7 Å². The molecule has 4 aromatic carbocycles. The van der Waals surface area contributed by atoms with Gasteiger partial charge in [-0.3, -0.25) is 0 Å². The van der Waals surface area contributed by atoms with Gasteiger partial charge in [0.1, 0.15) is 23.7 Å². The minimum absolute atomic E-state index is 0.335. The Balaban J connectivity index is 1.57. The van der Waals surface area contributed by atoms with Gasteiger partial charge < -0.3 is 18.9 Å². The lowest BCUT2D eigenvalue weighted by Crippen LogP contribution is -2.36. The van der Waals surface area contributed by atoms with E-state index in [0.717, 1.165) is 22.3 Å². The molecule has 0 N–H and O–H groups in total. The Hall–Kier alpha value is -4.58. The number of benzene rings is 4. The van der Waals surface area contributed by atoms with E-state index in [2.05, 4.69) is 0 Å². The molecule has 4 aromatic rings. The van der Waals surface area contributed by atoms with Crippen molar-refractivity contribution in [3.05, 3.63) is 130 Å². The van der Waals surface area contributed by atoms with Gasteiger partial charge in [0, 0.05) is 11.8 Å². The topological polar surface area (TPSA) is 71.1 Å². The summed E-state index contributed by atoms with van der Waals surface area (Å²) in [5.41, 5.74) is 4.43. The molecule has 0 radical (unpaired) electrons. The third kappa shape index (κ3) is 3.98. The first-order valence-electron chi connectivity index (χ1n) is 12.5. The molecular weight excluding hydrogens is 480 g/mol. The zero-order valence-electron chi connectivity index (χ0n) is 21.0. The Morgan fingerprint density at radius 1 is 0.526 bits per heavy atom. The summed E-state index contributed by atoms with van der Waals surface area (Å²) in [4.78, 5) is 26.4. The number of esters is 2. The maximum Gasteiger partial charge on any atom is 0.339 e. The summed E-state index contributed by atoms with van der Waals surface area (Å²) >= 11 is 0. The first kappa shape index (κ1) is 23.8. The lowest BCUT2D eigenvalue weighted by Gasteiger charge is -2.43. The molecule has 6 heteroatoms. The summed E-state index contributed by atoms with van der Waals surface area (Å²) in [6.07, 6.45) is -1.22. The van der Waals surface area contributed by atoms with E-state index in [1.807, 2.05) is 84.9 Å². The fourth-order valence-corrected chi connectivity index (χ4v) is 5.68. The highest BCUT2D eigenvalue weighted by molar-refractivity contribution is 5.94. The van der Waals surface area contributed by atoms with Crippen molar-refractivity contribution in [3.63, 3.8) is 0 Å². The van der Waals surface area contributed by atoms with Crippen molar-refractivity contribution in [2.45, 2.75) is 24.0 Å². The molecule has 6 rings (SSSR count). The van der Waals surface area contributed by atoms with E-state index >= 15 is 0 Å². The van der Waals surface area contributed by atoms with Crippen LogP contribution in [0.2, 0.25) is 0 Å². The Labute approximate surface area is 220 Å². The first-order chi connectivity index (χ1) is 18.6. The van der Waals surface area contributed by atoms with Crippen LogP contribution in [0.3, 0.4) is 0 Å². The number of carbonyl (C=O) groups excluding carboxylic acids is 2. The predicted octanol–water partition coefficient (Wildman–Crippen LogP) is 6.39. The third-order valence-corrected chi connectivity index (χ3v) is 7.48. The Morgan fingerprint density at radius 3 is 1.26 bits per heavy atom. The number of hydrogen-bond acceptors (Lipinski definition) is 6. The quantitative estimate of drug-likeness (QED) is 0.292. The number of carbonyl (C=O) groups is 2. The highest BCUT2D eigenvalue weighted by Crippen LogP contribution is 2.56. The van der Waals surface area contributed by atoms with Crippen LogP contribution in [-0.4, -0.2) is 26.2 Å². The van der Waals surface area contributed by atoms with Crippen LogP contribution < -0.4 is 9.47 Å². The molecule has 0 spiro atoms. The van der Waals surface area contributed by atoms with Gasteiger partial charge in [-0.25, -0.2) is 9.59 Å².